The molecule has 2 N–H and O–H groups in total. The molecule has 1 atom stereocenters. The van der Waals surface area contributed by atoms with Gasteiger partial charge >= 0.3 is 0 Å². The third-order valence-corrected chi connectivity index (χ3v) is 3.45. The molecular formula is C16H14N4O2. The van der Waals surface area contributed by atoms with Crippen LogP contribution < -0.4 is 5.32 Å². The van der Waals surface area contributed by atoms with E-state index in [9.17, 15) is 4.79 Å². The quantitative estimate of drug-likeness (QED) is 0.726. The van der Waals surface area contributed by atoms with Gasteiger partial charge in [-0.2, -0.15) is 0 Å². The fraction of sp³-hybridized carbons (Fsp3) is 0.188. The third kappa shape index (κ3) is 2.56. The summed E-state index contributed by atoms with van der Waals surface area (Å²) in [6, 6.07) is 8.98. The minimum absolute atomic E-state index is 0.186. The lowest BCUT2D eigenvalue weighted by Gasteiger charge is -2.13. The first-order chi connectivity index (χ1) is 10.6. The number of carbonyl (C=O) groups excluding carboxylic acids is 1. The van der Waals surface area contributed by atoms with E-state index in [1.54, 1.807) is 19.1 Å². The summed E-state index contributed by atoms with van der Waals surface area (Å²) < 4.78 is 4.95. The fourth-order valence-electron chi connectivity index (χ4n) is 2.29. The van der Waals surface area contributed by atoms with Gasteiger partial charge in [-0.15, -0.1) is 0 Å². The molecule has 1 amide bonds. The van der Waals surface area contributed by atoms with Crippen LogP contribution in [0, 0.1) is 13.5 Å². The molecule has 22 heavy (non-hydrogen) atoms. The van der Waals surface area contributed by atoms with Gasteiger partial charge in [0, 0.05) is 11.5 Å². The second-order valence-corrected chi connectivity index (χ2v) is 5.14. The van der Waals surface area contributed by atoms with E-state index in [1.165, 1.54) is 0 Å². The molecule has 1 aromatic carbocycles. The zero-order valence-electron chi connectivity index (χ0n) is 12.2. The number of benzene rings is 1. The molecule has 0 spiro atoms. The van der Waals surface area contributed by atoms with E-state index in [2.05, 4.69) is 20.3 Å². The predicted molar refractivity (Wildman–Crippen MR) is 81.7 cm³/mol. The molecule has 6 nitrogen and oxygen atoms in total. The second-order valence-electron chi connectivity index (χ2n) is 5.14. The standard InChI is InChI=1S/C16H14N4O2/c1-9-6-14(22-20-9)16(21)18-10(2)11-4-5-13-12(7-11)8-15(17-3)19-13/h4-8,10,19H,1-2H3,(H,18,21)/t10-/m1/s1. The Hall–Kier alpha value is -3.07. The van der Waals surface area contributed by atoms with Crippen LogP contribution in [-0.4, -0.2) is 16.0 Å². The van der Waals surface area contributed by atoms with E-state index in [0.717, 1.165) is 16.5 Å². The molecule has 2 heterocycles. The Labute approximate surface area is 126 Å². The minimum Gasteiger partial charge on any atom is -0.364 e. The smallest absolute Gasteiger partial charge is 0.290 e. The van der Waals surface area contributed by atoms with Gasteiger partial charge in [-0.1, -0.05) is 17.8 Å². The highest BCUT2D eigenvalue weighted by atomic mass is 16.5. The molecule has 0 aliphatic heterocycles. The number of amides is 1. The van der Waals surface area contributed by atoms with Gasteiger partial charge in [0.2, 0.25) is 11.6 Å². The van der Waals surface area contributed by atoms with Crippen LogP contribution >= 0.6 is 0 Å². The lowest BCUT2D eigenvalue weighted by molar-refractivity contribution is 0.0902. The number of nitrogens with zero attached hydrogens (tertiary/aromatic N) is 2. The number of nitrogens with one attached hydrogen (secondary N) is 2. The molecule has 0 unspecified atom stereocenters. The Morgan fingerprint density at radius 1 is 1.41 bits per heavy atom. The van der Waals surface area contributed by atoms with Crippen LogP contribution in [0.15, 0.2) is 34.9 Å². The number of H-pyrrole nitrogens is 1. The Bertz CT molecular complexity index is 885. The molecule has 3 aromatic rings. The number of rotatable bonds is 3. The lowest BCUT2D eigenvalue weighted by atomic mass is 10.1. The van der Waals surface area contributed by atoms with Gasteiger partial charge in [-0.25, -0.2) is 0 Å². The van der Waals surface area contributed by atoms with Crippen molar-refractivity contribution in [2.45, 2.75) is 19.9 Å². The van der Waals surface area contributed by atoms with Crippen molar-refractivity contribution in [2.75, 3.05) is 0 Å². The summed E-state index contributed by atoms with van der Waals surface area (Å²) in [7, 11) is 0. The number of fused-ring (bicyclic) bond motifs is 1. The highest BCUT2D eigenvalue weighted by Crippen LogP contribution is 2.24. The number of hydrogen-bond donors (Lipinski definition) is 2. The SMILES string of the molecule is [C-]#[N+]c1cc2cc([C@@H](C)NC(=O)c3cc(C)no3)ccc2[nH]1. The molecule has 3 rings (SSSR count). The molecule has 0 fully saturated rings. The van der Waals surface area contributed by atoms with Crippen LogP contribution in [0.4, 0.5) is 5.82 Å². The zero-order valence-corrected chi connectivity index (χ0v) is 12.2. The molecule has 110 valence electrons. The normalized spacial score (nSPS) is 12.0. The molecule has 0 aliphatic carbocycles. The van der Waals surface area contributed by atoms with E-state index in [0.29, 0.717) is 11.5 Å². The van der Waals surface area contributed by atoms with Crippen molar-refractivity contribution in [1.82, 2.24) is 15.5 Å². The maximum atomic E-state index is 12.1. The van der Waals surface area contributed by atoms with E-state index in [4.69, 9.17) is 11.1 Å². The molecule has 6 heteroatoms. The second kappa shape index (κ2) is 5.37. The van der Waals surface area contributed by atoms with Crippen LogP contribution in [0.3, 0.4) is 0 Å². The van der Waals surface area contributed by atoms with Crippen LogP contribution in [0.2, 0.25) is 0 Å². The van der Waals surface area contributed by atoms with Gasteiger partial charge < -0.3 is 19.7 Å². The monoisotopic (exact) mass is 294 g/mol. The van der Waals surface area contributed by atoms with Crippen molar-refractivity contribution in [2.24, 2.45) is 0 Å². The maximum absolute atomic E-state index is 12.1. The van der Waals surface area contributed by atoms with Crippen LogP contribution in [-0.2, 0) is 0 Å². The van der Waals surface area contributed by atoms with E-state index < -0.39 is 0 Å². The summed E-state index contributed by atoms with van der Waals surface area (Å²) in [6.45, 7) is 10.7. The predicted octanol–water partition coefficient (Wildman–Crippen LogP) is 3.51. The van der Waals surface area contributed by atoms with Gasteiger partial charge in [0.05, 0.1) is 11.7 Å². The zero-order chi connectivity index (χ0) is 15.7. The van der Waals surface area contributed by atoms with E-state index in [-0.39, 0.29) is 17.7 Å². The van der Waals surface area contributed by atoms with Gasteiger partial charge in [-0.05, 0) is 37.6 Å². The molecule has 2 aromatic heterocycles. The van der Waals surface area contributed by atoms with Crippen LogP contribution in [0.5, 0.6) is 0 Å². The Morgan fingerprint density at radius 2 is 2.23 bits per heavy atom. The van der Waals surface area contributed by atoms with E-state index >= 15 is 0 Å². The van der Waals surface area contributed by atoms with Gasteiger partial charge in [-0.3, -0.25) is 4.79 Å². The highest BCUT2D eigenvalue weighted by molar-refractivity contribution is 5.92. The molecular weight excluding hydrogens is 280 g/mol. The molecule has 0 bridgehead atoms. The topological polar surface area (TPSA) is 75.3 Å². The summed E-state index contributed by atoms with van der Waals surface area (Å²) in [5.41, 5.74) is 2.52. The largest absolute Gasteiger partial charge is 0.364 e. The number of aromatic amines is 1. The molecule has 0 aliphatic rings. The summed E-state index contributed by atoms with van der Waals surface area (Å²) in [4.78, 5) is 18.5. The van der Waals surface area contributed by atoms with Crippen LogP contribution in [0.25, 0.3) is 15.7 Å². The van der Waals surface area contributed by atoms with Crippen LogP contribution in [0.1, 0.15) is 34.8 Å². The van der Waals surface area contributed by atoms with Crippen molar-refractivity contribution in [1.29, 1.82) is 0 Å². The number of aryl methyl sites for hydroxylation is 1. The van der Waals surface area contributed by atoms with Gasteiger partial charge in [0.1, 0.15) is 5.52 Å². The number of carbonyl (C=O) groups is 1. The highest BCUT2D eigenvalue weighted by Gasteiger charge is 2.16. The van der Waals surface area contributed by atoms with Crippen molar-refractivity contribution in [3.63, 3.8) is 0 Å². The lowest BCUT2D eigenvalue weighted by Crippen LogP contribution is -2.26. The van der Waals surface area contributed by atoms with E-state index in [1.807, 2.05) is 25.1 Å². The molecule has 0 radical (unpaired) electrons. The Morgan fingerprint density at radius 3 is 2.91 bits per heavy atom. The minimum atomic E-state index is -0.302. The van der Waals surface area contributed by atoms with Crippen molar-refractivity contribution >= 4 is 22.6 Å². The van der Waals surface area contributed by atoms with Crippen molar-refractivity contribution in [3.8, 4) is 0 Å². The summed E-state index contributed by atoms with van der Waals surface area (Å²) in [5.74, 6) is 0.396. The third-order valence-electron chi connectivity index (χ3n) is 3.45. The first kappa shape index (κ1) is 13.9. The first-order valence-electron chi connectivity index (χ1n) is 6.81. The number of hydrogen-bond acceptors (Lipinski definition) is 3. The first-order valence-corrected chi connectivity index (χ1v) is 6.81. The fourth-order valence-corrected chi connectivity index (χ4v) is 2.29. The summed E-state index contributed by atoms with van der Waals surface area (Å²) in [5, 5.41) is 7.52. The van der Waals surface area contributed by atoms with Crippen molar-refractivity contribution in [3.05, 3.63) is 58.8 Å². The Balaban J connectivity index is 1.81. The number of aromatic nitrogens is 2. The summed E-state index contributed by atoms with van der Waals surface area (Å²) >= 11 is 0. The van der Waals surface area contributed by atoms with Gasteiger partial charge in [0.25, 0.3) is 5.91 Å². The average Bonchev–Trinajstić information content (AvgIpc) is 3.11. The van der Waals surface area contributed by atoms with Gasteiger partial charge in [0.15, 0.2) is 0 Å². The average molecular weight is 294 g/mol. The molecule has 0 saturated carbocycles. The molecule has 0 saturated heterocycles. The maximum Gasteiger partial charge on any atom is 0.290 e. The Kier molecular flexibility index (Phi) is 3.39. The van der Waals surface area contributed by atoms with Crippen molar-refractivity contribution < 1.29 is 9.32 Å². The summed E-state index contributed by atoms with van der Waals surface area (Å²) in [6.07, 6.45) is 0.